The standard InChI is InChI=1S/C13H11N3O3/c1-8-6-9(15-19-8)7-16-11-5-3-2-4-10(11)12(14-16)13(17)18/h2-6H,7H2,1H3,(H,17,18). The van der Waals surface area contributed by atoms with Gasteiger partial charge in [-0.1, -0.05) is 23.4 Å². The lowest BCUT2D eigenvalue weighted by atomic mass is 10.2. The maximum atomic E-state index is 11.2. The van der Waals surface area contributed by atoms with Gasteiger partial charge in [-0.3, -0.25) is 4.68 Å². The number of aromatic nitrogens is 3. The van der Waals surface area contributed by atoms with Crippen LogP contribution < -0.4 is 0 Å². The summed E-state index contributed by atoms with van der Waals surface area (Å²) >= 11 is 0. The molecule has 0 saturated carbocycles. The number of carboxylic acid groups (broad SMARTS) is 1. The van der Waals surface area contributed by atoms with E-state index < -0.39 is 5.97 Å². The van der Waals surface area contributed by atoms with Crippen LogP contribution >= 0.6 is 0 Å². The Balaban J connectivity index is 2.11. The predicted octanol–water partition coefficient (Wildman–Crippen LogP) is 2.08. The summed E-state index contributed by atoms with van der Waals surface area (Å²) in [7, 11) is 0. The molecule has 1 N–H and O–H groups in total. The molecular formula is C13H11N3O3. The van der Waals surface area contributed by atoms with Gasteiger partial charge in [0.05, 0.1) is 12.1 Å². The van der Waals surface area contributed by atoms with E-state index in [0.29, 0.717) is 23.4 Å². The minimum atomic E-state index is -1.04. The number of aryl methyl sites for hydroxylation is 1. The van der Waals surface area contributed by atoms with E-state index in [-0.39, 0.29) is 5.69 Å². The molecule has 6 nitrogen and oxygen atoms in total. The molecule has 3 rings (SSSR count). The average Bonchev–Trinajstić information content (AvgIpc) is 2.95. The fourth-order valence-corrected chi connectivity index (χ4v) is 2.05. The molecule has 0 bridgehead atoms. The fourth-order valence-electron chi connectivity index (χ4n) is 2.05. The second-order valence-electron chi connectivity index (χ2n) is 4.26. The molecule has 0 radical (unpaired) electrons. The van der Waals surface area contributed by atoms with E-state index in [2.05, 4.69) is 10.3 Å². The van der Waals surface area contributed by atoms with Crippen molar-refractivity contribution in [2.45, 2.75) is 13.5 Å². The third-order valence-corrected chi connectivity index (χ3v) is 2.85. The first-order valence-electron chi connectivity index (χ1n) is 5.76. The van der Waals surface area contributed by atoms with E-state index in [1.807, 2.05) is 12.1 Å². The molecule has 0 fully saturated rings. The second kappa shape index (κ2) is 4.24. The lowest BCUT2D eigenvalue weighted by Crippen LogP contribution is -2.04. The Morgan fingerprint density at radius 2 is 2.21 bits per heavy atom. The van der Waals surface area contributed by atoms with Crippen molar-refractivity contribution in [2.75, 3.05) is 0 Å². The lowest BCUT2D eigenvalue weighted by Gasteiger charge is -1.98. The van der Waals surface area contributed by atoms with E-state index in [0.717, 1.165) is 5.52 Å². The van der Waals surface area contributed by atoms with Gasteiger partial charge in [0.25, 0.3) is 0 Å². The number of para-hydroxylation sites is 1. The largest absolute Gasteiger partial charge is 0.476 e. The SMILES string of the molecule is Cc1cc(Cn2nc(C(=O)O)c3ccccc32)no1. The number of hydrogen-bond donors (Lipinski definition) is 1. The molecule has 2 aromatic heterocycles. The molecule has 3 aromatic rings. The molecule has 19 heavy (non-hydrogen) atoms. The van der Waals surface area contributed by atoms with Gasteiger partial charge in [-0.2, -0.15) is 5.10 Å². The highest BCUT2D eigenvalue weighted by Crippen LogP contribution is 2.19. The maximum Gasteiger partial charge on any atom is 0.357 e. The second-order valence-corrected chi connectivity index (χ2v) is 4.26. The van der Waals surface area contributed by atoms with Crippen LogP contribution in [0, 0.1) is 6.92 Å². The van der Waals surface area contributed by atoms with Gasteiger partial charge in [-0.15, -0.1) is 0 Å². The first-order chi connectivity index (χ1) is 9.15. The van der Waals surface area contributed by atoms with Gasteiger partial charge in [0.1, 0.15) is 11.5 Å². The van der Waals surface area contributed by atoms with Gasteiger partial charge in [-0.25, -0.2) is 4.79 Å². The summed E-state index contributed by atoms with van der Waals surface area (Å²) in [6.07, 6.45) is 0. The van der Waals surface area contributed by atoms with Crippen molar-refractivity contribution >= 4 is 16.9 Å². The predicted molar refractivity (Wildman–Crippen MR) is 67.0 cm³/mol. The zero-order chi connectivity index (χ0) is 13.4. The number of aromatic carboxylic acids is 1. The van der Waals surface area contributed by atoms with Gasteiger partial charge < -0.3 is 9.63 Å². The van der Waals surface area contributed by atoms with E-state index in [9.17, 15) is 4.79 Å². The van der Waals surface area contributed by atoms with Crippen LogP contribution in [0.3, 0.4) is 0 Å². The maximum absolute atomic E-state index is 11.2. The lowest BCUT2D eigenvalue weighted by molar-refractivity contribution is 0.0691. The Labute approximate surface area is 108 Å². The van der Waals surface area contributed by atoms with Gasteiger partial charge in [-0.05, 0) is 13.0 Å². The number of benzene rings is 1. The van der Waals surface area contributed by atoms with Crippen LogP contribution in [-0.4, -0.2) is 26.0 Å². The zero-order valence-electron chi connectivity index (χ0n) is 10.2. The highest BCUT2D eigenvalue weighted by Gasteiger charge is 2.16. The quantitative estimate of drug-likeness (QED) is 0.776. The van der Waals surface area contributed by atoms with E-state index >= 15 is 0 Å². The number of hydrogen-bond acceptors (Lipinski definition) is 4. The van der Waals surface area contributed by atoms with Gasteiger partial charge in [0.2, 0.25) is 0 Å². The van der Waals surface area contributed by atoms with Crippen LogP contribution in [0.15, 0.2) is 34.9 Å². The molecule has 0 saturated heterocycles. The summed E-state index contributed by atoms with van der Waals surface area (Å²) in [6, 6.07) is 9.02. The van der Waals surface area contributed by atoms with Crippen LogP contribution in [0.1, 0.15) is 21.9 Å². The van der Waals surface area contributed by atoms with Crippen LogP contribution in [-0.2, 0) is 6.54 Å². The third kappa shape index (κ3) is 1.97. The first kappa shape index (κ1) is 11.5. The smallest absolute Gasteiger partial charge is 0.357 e. The molecule has 1 aromatic carbocycles. The molecule has 0 spiro atoms. The van der Waals surface area contributed by atoms with E-state index in [1.165, 1.54) is 0 Å². The first-order valence-corrected chi connectivity index (χ1v) is 5.76. The Bertz CT molecular complexity index is 757. The minimum Gasteiger partial charge on any atom is -0.476 e. The topological polar surface area (TPSA) is 81.2 Å². The van der Waals surface area contributed by atoms with Crippen LogP contribution in [0.4, 0.5) is 0 Å². The van der Waals surface area contributed by atoms with Crippen molar-refractivity contribution in [3.63, 3.8) is 0 Å². The summed E-state index contributed by atoms with van der Waals surface area (Å²) in [5, 5.41) is 17.8. The number of fused-ring (bicyclic) bond motifs is 1. The van der Waals surface area contributed by atoms with Gasteiger partial charge in [0, 0.05) is 11.5 Å². The normalized spacial score (nSPS) is 11.0. The van der Waals surface area contributed by atoms with E-state index in [1.54, 1.807) is 29.8 Å². The monoisotopic (exact) mass is 257 g/mol. The zero-order valence-corrected chi connectivity index (χ0v) is 10.2. The minimum absolute atomic E-state index is 0.0517. The highest BCUT2D eigenvalue weighted by atomic mass is 16.5. The molecule has 0 amide bonds. The molecule has 0 aliphatic heterocycles. The van der Waals surface area contributed by atoms with Crippen molar-refractivity contribution in [1.29, 1.82) is 0 Å². The summed E-state index contributed by atoms with van der Waals surface area (Å²) < 4.78 is 6.62. The van der Waals surface area contributed by atoms with E-state index in [4.69, 9.17) is 9.63 Å². The molecular weight excluding hydrogens is 246 g/mol. The van der Waals surface area contributed by atoms with Gasteiger partial charge in [0.15, 0.2) is 5.69 Å². The summed E-state index contributed by atoms with van der Waals surface area (Å²) in [5.74, 6) is -0.323. The molecule has 0 atom stereocenters. The van der Waals surface area contributed by atoms with Crippen molar-refractivity contribution in [2.24, 2.45) is 0 Å². The molecule has 96 valence electrons. The van der Waals surface area contributed by atoms with Crippen molar-refractivity contribution in [3.8, 4) is 0 Å². The Hall–Kier alpha value is -2.63. The summed E-state index contributed by atoms with van der Waals surface area (Å²) in [6.45, 7) is 2.19. The van der Waals surface area contributed by atoms with Crippen molar-refractivity contribution < 1.29 is 14.4 Å². The molecule has 0 aliphatic carbocycles. The average molecular weight is 257 g/mol. The number of nitrogens with zero attached hydrogens (tertiary/aromatic N) is 3. The number of carboxylic acids is 1. The highest BCUT2D eigenvalue weighted by molar-refractivity contribution is 6.01. The third-order valence-electron chi connectivity index (χ3n) is 2.85. The summed E-state index contributed by atoms with van der Waals surface area (Å²) in [5.41, 5.74) is 1.53. The number of rotatable bonds is 3. The van der Waals surface area contributed by atoms with Gasteiger partial charge >= 0.3 is 5.97 Å². The fraction of sp³-hybridized carbons (Fsp3) is 0.154. The Kier molecular flexibility index (Phi) is 2.56. The number of carbonyl (C=O) groups is 1. The molecule has 6 heteroatoms. The summed E-state index contributed by atoms with van der Waals surface area (Å²) in [4.78, 5) is 11.2. The molecule has 0 unspecified atom stereocenters. The molecule has 2 heterocycles. The van der Waals surface area contributed by atoms with Crippen LogP contribution in [0.5, 0.6) is 0 Å². The van der Waals surface area contributed by atoms with Crippen LogP contribution in [0.25, 0.3) is 10.9 Å². The van der Waals surface area contributed by atoms with Crippen molar-refractivity contribution in [1.82, 2.24) is 14.9 Å². The molecule has 0 aliphatic rings. The Morgan fingerprint density at radius 3 is 2.89 bits per heavy atom. The van der Waals surface area contributed by atoms with Crippen LogP contribution in [0.2, 0.25) is 0 Å². The van der Waals surface area contributed by atoms with Crippen molar-refractivity contribution in [3.05, 3.63) is 47.5 Å². The Morgan fingerprint density at radius 1 is 1.42 bits per heavy atom.